The molecule has 1 aliphatic rings. The number of carbonyl (C=O) groups excluding carboxylic acids is 3. The number of primary amides is 1. The van der Waals surface area contributed by atoms with Crippen LogP contribution in [-0.2, 0) is 14.3 Å². The van der Waals surface area contributed by atoms with Crippen molar-refractivity contribution < 1.29 is 19.1 Å². The number of urea groups is 1. The van der Waals surface area contributed by atoms with Crippen LogP contribution < -0.4 is 11.1 Å². The average molecular weight is 257 g/mol. The molecule has 102 valence electrons. The lowest BCUT2D eigenvalue weighted by Gasteiger charge is -2.37. The van der Waals surface area contributed by atoms with Crippen molar-refractivity contribution in [3.63, 3.8) is 0 Å². The van der Waals surface area contributed by atoms with Crippen molar-refractivity contribution in [1.29, 1.82) is 0 Å². The second-order valence-corrected chi connectivity index (χ2v) is 4.30. The molecule has 0 aromatic heterocycles. The van der Waals surface area contributed by atoms with Gasteiger partial charge in [0, 0.05) is 0 Å². The standard InChI is InChI=1S/C11H19N3O4/c1-7(9(15)13-11(12)17)14-6-4-3-5-8(14)10(16)18-2/h7-8H,3-6H2,1-2H3,(H3,12,13,15,17). The molecule has 2 atom stereocenters. The van der Waals surface area contributed by atoms with Crippen LogP contribution in [0.1, 0.15) is 26.2 Å². The predicted octanol–water partition coefficient (Wildman–Crippen LogP) is -0.403. The van der Waals surface area contributed by atoms with E-state index in [9.17, 15) is 14.4 Å². The summed E-state index contributed by atoms with van der Waals surface area (Å²) in [5, 5.41) is 2.02. The van der Waals surface area contributed by atoms with Crippen molar-refractivity contribution in [2.45, 2.75) is 38.3 Å². The number of nitrogens with one attached hydrogen (secondary N) is 1. The van der Waals surface area contributed by atoms with Crippen LogP contribution in [0.4, 0.5) is 4.79 Å². The Kier molecular flexibility index (Phi) is 5.08. The summed E-state index contributed by atoms with van der Waals surface area (Å²) in [5.74, 6) is -0.855. The van der Waals surface area contributed by atoms with E-state index in [4.69, 9.17) is 10.5 Å². The minimum absolute atomic E-state index is 0.353. The number of carbonyl (C=O) groups is 3. The van der Waals surface area contributed by atoms with Crippen LogP contribution in [0.3, 0.4) is 0 Å². The Hall–Kier alpha value is -1.63. The van der Waals surface area contributed by atoms with Gasteiger partial charge in [-0.05, 0) is 26.3 Å². The molecule has 7 heteroatoms. The second-order valence-electron chi connectivity index (χ2n) is 4.30. The molecule has 0 radical (unpaired) electrons. The molecular formula is C11H19N3O4. The zero-order valence-corrected chi connectivity index (χ0v) is 10.6. The number of nitrogens with two attached hydrogens (primary N) is 1. The molecule has 18 heavy (non-hydrogen) atoms. The van der Waals surface area contributed by atoms with E-state index in [2.05, 4.69) is 0 Å². The normalized spacial score (nSPS) is 22.0. The molecule has 1 rings (SSSR count). The molecule has 0 aromatic rings. The van der Waals surface area contributed by atoms with Crippen molar-refractivity contribution in [2.75, 3.05) is 13.7 Å². The number of amides is 3. The van der Waals surface area contributed by atoms with Crippen molar-refractivity contribution in [2.24, 2.45) is 5.73 Å². The molecular weight excluding hydrogens is 238 g/mol. The lowest BCUT2D eigenvalue weighted by molar-refractivity contribution is -0.150. The number of rotatable bonds is 3. The first-order chi connectivity index (χ1) is 8.47. The SMILES string of the molecule is COC(=O)C1CCCCN1C(C)C(=O)NC(N)=O. The third kappa shape index (κ3) is 3.43. The van der Waals surface area contributed by atoms with Crippen LogP contribution in [0.15, 0.2) is 0 Å². The minimum atomic E-state index is -0.890. The molecule has 3 N–H and O–H groups in total. The van der Waals surface area contributed by atoms with Gasteiger partial charge in [-0.15, -0.1) is 0 Å². The fourth-order valence-electron chi connectivity index (χ4n) is 2.18. The minimum Gasteiger partial charge on any atom is -0.468 e. The van der Waals surface area contributed by atoms with E-state index in [0.29, 0.717) is 13.0 Å². The maximum atomic E-state index is 11.7. The van der Waals surface area contributed by atoms with Gasteiger partial charge in [-0.25, -0.2) is 4.79 Å². The predicted molar refractivity (Wildman–Crippen MR) is 63.5 cm³/mol. The molecule has 0 bridgehead atoms. The summed E-state index contributed by atoms with van der Waals surface area (Å²) in [6, 6.07) is -1.92. The van der Waals surface area contributed by atoms with Gasteiger partial charge in [-0.1, -0.05) is 6.42 Å². The van der Waals surface area contributed by atoms with Crippen molar-refractivity contribution in [3.05, 3.63) is 0 Å². The van der Waals surface area contributed by atoms with E-state index in [1.165, 1.54) is 7.11 Å². The monoisotopic (exact) mass is 257 g/mol. The largest absolute Gasteiger partial charge is 0.468 e. The lowest BCUT2D eigenvalue weighted by Crippen LogP contribution is -2.55. The molecule has 0 saturated carbocycles. The first-order valence-corrected chi connectivity index (χ1v) is 5.91. The fraction of sp³-hybridized carbons (Fsp3) is 0.727. The smallest absolute Gasteiger partial charge is 0.323 e. The van der Waals surface area contributed by atoms with Crippen molar-refractivity contribution in [1.82, 2.24) is 10.2 Å². The van der Waals surface area contributed by atoms with Gasteiger partial charge in [-0.3, -0.25) is 19.8 Å². The number of hydrogen-bond acceptors (Lipinski definition) is 5. The Balaban J connectivity index is 2.73. The third-order valence-electron chi connectivity index (χ3n) is 3.14. The Morgan fingerprint density at radius 3 is 2.61 bits per heavy atom. The maximum absolute atomic E-state index is 11.7. The Morgan fingerprint density at radius 2 is 2.06 bits per heavy atom. The molecule has 1 saturated heterocycles. The number of esters is 1. The number of nitrogens with zero attached hydrogens (tertiary/aromatic N) is 1. The molecule has 1 fully saturated rings. The summed E-state index contributed by atoms with van der Waals surface area (Å²) < 4.78 is 4.73. The Morgan fingerprint density at radius 1 is 1.39 bits per heavy atom. The lowest BCUT2D eigenvalue weighted by atomic mass is 10.00. The van der Waals surface area contributed by atoms with Gasteiger partial charge in [0.25, 0.3) is 0 Å². The van der Waals surface area contributed by atoms with E-state index in [1.807, 2.05) is 5.32 Å². The van der Waals surface area contributed by atoms with Gasteiger partial charge in [0.1, 0.15) is 6.04 Å². The molecule has 7 nitrogen and oxygen atoms in total. The second kappa shape index (κ2) is 6.34. The van der Waals surface area contributed by atoms with Crippen molar-refractivity contribution in [3.8, 4) is 0 Å². The van der Waals surface area contributed by atoms with Crippen LogP contribution in [0.25, 0.3) is 0 Å². The average Bonchev–Trinajstić information content (AvgIpc) is 2.36. The van der Waals surface area contributed by atoms with Crippen LogP contribution in [0.2, 0.25) is 0 Å². The van der Waals surface area contributed by atoms with E-state index in [1.54, 1.807) is 11.8 Å². The summed E-state index contributed by atoms with van der Waals surface area (Å²) >= 11 is 0. The molecule has 1 heterocycles. The summed E-state index contributed by atoms with van der Waals surface area (Å²) in [4.78, 5) is 35.7. The van der Waals surface area contributed by atoms with Gasteiger partial charge in [0.2, 0.25) is 5.91 Å². The highest BCUT2D eigenvalue weighted by Crippen LogP contribution is 2.20. The summed E-state index contributed by atoms with van der Waals surface area (Å²) in [6.07, 6.45) is 2.48. The van der Waals surface area contributed by atoms with Gasteiger partial charge in [-0.2, -0.15) is 0 Å². The highest BCUT2D eigenvalue weighted by Gasteiger charge is 2.35. The van der Waals surface area contributed by atoms with E-state index < -0.39 is 24.0 Å². The zero-order chi connectivity index (χ0) is 13.7. The number of methoxy groups -OCH3 is 1. The van der Waals surface area contributed by atoms with Crippen LogP contribution >= 0.6 is 0 Å². The summed E-state index contributed by atoms with van der Waals surface area (Å²) in [5.41, 5.74) is 4.90. The molecule has 1 aliphatic heterocycles. The topological polar surface area (TPSA) is 102 Å². The highest BCUT2D eigenvalue weighted by atomic mass is 16.5. The van der Waals surface area contributed by atoms with Crippen molar-refractivity contribution >= 4 is 17.9 Å². The molecule has 0 aliphatic carbocycles. The maximum Gasteiger partial charge on any atom is 0.323 e. The van der Waals surface area contributed by atoms with Gasteiger partial charge in [0.05, 0.1) is 13.2 Å². The fourth-order valence-corrected chi connectivity index (χ4v) is 2.18. The number of imide groups is 1. The summed E-state index contributed by atoms with van der Waals surface area (Å²) in [6.45, 7) is 2.26. The zero-order valence-electron chi connectivity index (χ0n) is 10.6. The van der Waals surface area contributed by atoms with E-state index in [-0.39, 0.29) is 5.97 Å². The molecule has 2 unspecified atom stereocenters. The summed E-state index contributed by atoms with van der Waals surface area (Å²) in [7, 11) is 1.32. The van der Waals surface area contributed by atoms with E-state index in [0.717, 1.165) is 12.8 Å². The van der Waals surface area contributed by atoms with Gasteiger partial charge in [0.15, 0.2) is 0 Å². The third-order valence-corrected chi connectivity index (χ3v) is 3.14. The van der Waals surface area contributed by atoms with Crippen LogP contribution in [0.5, 0.6) is 0 Å². The number of likely N-dealkylation sites (tertiary alicyclic amines) is 1. The quantitative estimate of drug-likeness (QED) is 0.670. The number of piperidine rings is 1. The Bertz CT molecular complexity index is 345. The molecule has 3 amide bonds. The van der Waals surface area contributed by atoms with Gasteiger partial charge < -0.3 is 10.5 Å². The van der Waals surface area contributed by atoms with Gasteiger partial charge >= 0.3 is 12.0 Å². The van der Waals surface area contributed by atoms with Crippen LogP contribution in [0, 0.1) is 0 Å². The number of ether oxygens (including phenoxy) is 1. The molecule has 0 spiro atoms. The highest BCUT2D eigenvalue weighted by molar-refractivity contribution is 5.96. The van der Waals surface area contributed by atoms with E-state index >= 15 is 0 Å². The first-order valence-electron chi connectivity index (χ1n) is 5.91. The molecule has 0 aromatic carbocycles. The first kappa shape index (κ1) is 14.4. The Labute approximate surface area is 106 Å². The van der Waals surface area contributed by atoms with Crippen LogP contribution in [-0.4, -0.2) is 48.5 Å². The number of hydrogen-bond donors (Lipinski definition) is 2.